The number of thioether (sulfide) groups is 1. The summed E-state index contributed by atoms with van der Waals surface area (Å²) in [5.41, 5.74) is 0.692. The standard InChI is InChI=1S/C25H28ClN3O4S/c1-3-16(14-30)29-21-24(33)28(17-9-7-15(26)8-10-17)13-5-11-25(21)20(23(29)32)19-18(34-25)6-4-12-27(2)22(19)31/h4-11,16,18-21,30H,3,12-14H2,1-2H3/t16-,18+,19-,20-,21?,25-/m0/s1. The maximum atomic E-state index is 14.2. The van der Waals surface area contributed by atoms with Crippen LogP contribution in [0.25, 0.3) is 0 Å². The fourth-order valence-electron chi connectivity index (χ4n) is 5.86. The van der Waals surface area contributed by atoms with Crippen molar-refractivity contribution in [3.8, 4) is 0 Å². The van der Waals surface area contributed by atoms with Gasteiger partial charge >= 0.3 is 0 Å². The number of hydrogen-bond donors (Lipinski definition) is 1. The van der Waals surface area contributed by atoms with E-state index in [1.165, 1.54) is 0 Å². The van der Waals surface area contributed by atoms with E-state index < -0.39 is 28.7 Å². The summed E-state index contributed by atoms with van der Waals surface area (Å²) in [7, 11) is 1.75. The zero-order valence-electron chi connectivity index (χ0n) is 19.1. The van der Waals surface area contributed by atoms with Crippen molar-refractivity contribution in [1.82, 2.24) is 9.80 Å². The molecule has 180 valence electrons. The normalized spacial score (nSPS) is 33.5. The van der Waals surface area contributed by atoms with E-state index in [9.17, 15) is 19.5 Å². The van der Waals surface area contributed by atoms with Crippen molar-refractivity contribution in [2.24, 2.45) is 11.8 Å². The SMILES string of the molecule is CC[C@@H](CO)N1C(=O)[C@@H]2[C@H]3C(=O)N(C)CC=C[C@H]3S[C@@]23C=CCN(c2ccc(Cl)cc2)C(=O)C13. The lowest BCUT2D eigenvalue weighted by molar-refractivity contribution is -0.144. The van der Waals surface area contributed by atoms with Crippen molar-refractivity contribution < 1.29 is 19.5 Å². The highest BCUT2D eigenvalue weighted by molar-refractivity contribution is 8.02. The Hall–Kier alpha value is -2.29. The summed E-state index contributed by atoms with van der Waals surface area (Å²) >= 11 is 7.61. The number of carbonyl (C=O) groups excluding carboxylic acids is 3. The van der Waals surface area contributed by atoms with Crippen LogP contribution in [0.15, 0.2) is 48.6 Å². The Morgan fingerprint density at radius 3 is 2.53 bits per heavy atom. The molecule has 0 aliphatic carbocycles. The van der Waals surface area contributed by atoms with Crippen LogP contribution in [0.2, 0.25) is 5.02 Å². The van der Waals surface area contributed by atoms with Gasteiger partial charge in [-0.2, -0.15) is 0 Å². The molecule has 0 aromatic heterocycles. The number of anilines is 1. The molecule has 9 heteroatoms. The molecular weight excluding hydrogens is 474 g/mol. The number of carbonyl (C=O) groups is 3. The molecule has 4 heterocycles. The summed E-state index contributed by atoms with van der Waals surface area (Å²) in [5.74, 6) is -1.72. The fraction of sp³-hybridized carbons (Fsp3) is 0.480. The molecule has 1 aromatic rings. The number of aliphatic hydroxyl groups is 1. The van der Waals surface area contributed by atoms with Gasteiger partial charge in [0.2, 0.25) is 11.8 Å². The molecule has 0 radical (unpaired) electrons. The highest BCUT2D eigenvalue weighted by Gasteiger charge is 2.71. The van der Waals surface area contributed by atoms with Gasteiger partial charge in [0.05, 0.1) is 29.2 Å². The van der Waals surface area contributed by atoms with Crippen LogP contribution >= 0.6 is 23.4 Å². The lowest BCUT2D eigenvalue weighted by atomic mass is 9.78. The number of likely N-dealkylation sites (N-methyl/N-ethyl adjacent to an activating group) is 1. The van der Waals surface area contributed by atoms with Crippen molar-refractivity contribution >= 4 is 46.8 Å². The van der Waals surface area contributed by atoms with Gasteiger partial charge in [0.15, 0.2) is 0 Å². The predicted octanol–water partition coefficient (Wildman–Crippen LogP) is 2.34. The minimum atomic E-state index is -0.883. The number of benzene rings is 1. The zero-order chi connectivity index (χ0) is 24.2. The smallest absolute Gasteiger partial charge is 0.251 e. The van der Waals surface area contributed by atoms with E-state index in [1.54, 1.807) is 57.8 Å². The number of hydrogen-bond acceptors (Lipinski definition) is 5. The van der Waals surface area contributed by atoms with Crippen LogP contribution in [0, 0.1) is 11.8 Å². The number of likely N-dealkylation sites (tertiary alicyclic amines) is 1. The number of halogens is 1. The van der Waals surface area contributed by atoms with Gasteiger partial charge < -0.3 is 19.8 Å². The number of aliphatic hydroxyl groups excluding tert-OH is 1. The quantitative estimate of drug-likeness (QED) is 0.640. The number of rotatable bonds is 4. The first-order valence-corrected chi connectivity index (χ1v) is 12.9. The maximum Gasteiger partial charge on any atom is 0.251 e. The van der Waals surface area contributed by atoms with E-state index >= 15 is 0 Å². The van der Waals surface area contributed by atoms with Gasteiger partial charge in [-0.25, -0.2) is 0 Å². The predicted molar refractivity (Wildman–Crippen MR) is 133 cm³/mol. The Bertz CT molecular complexity index is 1070. The second kappa shape index (κ2) is 8.73. The fourth-order valence-corrected chi connectivity index (χ4v) is 7.98. The van der Waals surface area contributed by atoms with Crippen LogP contribution in [0.4, 0.5) is 5.69 Å². The van der Waals surface area contributed by atoms with Crippen molar-refractivity contribution in [2.45, 2.75) is 35.4 Å². The van der Waals surface area contributed by atoms with Crippen LogP contribution in [-0.4, -0.2) is 81.5 Å². The Balaban J connectivity index is 1.65. The first kappa shape index (κ1) is 23.5. The van der Waals surface area contributed by atoms with Gasteiger partial charge in [-0.05, 0) is 30.7 Å². The molecule has 34 heavy (non-hydrogen) atoms. The topological polar surface area (TPSA) is 81.2 Å². The summed E-state index contributed by atoms with van der Waals surface area (Å²) < 4.78 is -0.883. The molecule has 6 atom stereocenters. The van der Waals surface area contributed by atoms with E-state index in [1.807, 2.05) is 31.2 Å². The van der Waals surface area contributed by atoms with Crippen LogP contribution in [0.5, 0.6) is 0 Å². The third kappa shape index (κ3) is 3.33. The summed E-state index contributed by atoms with van der Waals surface area (Å²) in [6, 6.07) is 5.73. The lowest BCUT2D eigenvalue weighted by Crippen LogP contribution is -2.56. The minimum Gasteiger partial charge on any atom is -0.394 e. The molecular formula is C25H28ClN3O4S. The summed E-state index contributed by atoms with van der Waals surface area (Å²) in [6.45, 7) is 2.50. The first-order valence-electron chi connectivity index (χ1n) is 11.6. The van der Waals surface area contributed by atoms with Crippen LogP contribution in [0.1, 0.15) is 13.3 Å². The van der Waals surface area contributed by atoms with Crippen molar-refractivity contribution in [2.75, 3.05) is 31.6 Å². The Morgan fingerprint density at radius 2 is 1.85 bits per heavy atom. The highest BCUT2D eigenvalue weighted by atomic mass is 35.5. The zero-order valence-corrected chi connectivity index (χ0v) is 20.7. The average molecular weight is 502 g/mol. The number of nitrogens with zero attached hydrogens (tertiary/aromatic N) is 3. The van der Waals surface area contributed by atoms with Gasteiger partial charge in [0, 0.05) is 36.1 Å². The highest BCUT2D eigenvalue weighted by Crippen LogP contribution is 2.61. The second-order valence-corrected chi connectivity index (χ2v) is 11.2. The van der Waals surface area contributed by atoms with E-state index in [0.29, 0.717) is 30.2 Å². The molecule has 3 amide bonds. The van der Waals surface area contributed by atoms with Crippen molar-refractivity contribution in [3.63, 3.8) is 0 Å². The van der Waals surface area contributed by atoms with Gasteiger partial charge in [0.25, 0.3) is 5.91 Å². The van der Waals surface area contributed by atoms with E-state index in [-0.39, 0.29) is 29.6 Å². The summed E-state index contributed by atoms with van der Waals surface area (Å²) in [5, 5.41) is 10.5. The van der Waals surface area contributed by atoms with Gasteiger partial charge in [0.1, 0.15) is 6.04 Å². The lowest BCUT2D eigenvalue weighted by Gasteiger charge is -2.38. The molecule has 2 saturated heterocycles. The molecule has 4 aliphatic heterocycles. The second-order valence-electron chi connectivity index (χ2n) is 9.31. The third-order valence-corrected chi connectivity index (χ3v) is 9.51. The number of amides is 3. The Morgan fingerprint density at radius 1 is 1.12 bits per heavy atom. The van der Waals surface area contributed by atoms with Crippen molar-refractivity contribution in [1.29, 1.82) is 0 Å². The molecule has 0 bridgehead atoms. The van der Waals surface area contributed by atoms with E-state index in [4.69, 9.17) is 11.6 Å². The van der Waals surface area contributed by atoms with Crippen LogP contribution in [-0.2, 0) is 14.4 Å². The molecule has 1 N–H and O–H groups in total. The molecule has 7 nitrogen and oxygen atoms in total. The maximum absolute atomic E-state index is 14.2. The van der Waals surface area contributed by atoms with E-state index in [2.05, 4.69) is 0 Å². The molecule has 1 spiro atoms. The molecule has 5 rings (SSSR count). The van der Waals surface area contributed by atoms with Crippen LogP contribution in [0.3, 0.4) is 0 Å². The Kier molecular flexibility index (Phi) is 6.02. The average Bonchev–Trinajstić information content (AvgIpc) is 3.15. The first-order chi connectivity index (χ1) is 16.3. The Labute approximate surface area is 208 Å². The molecule has 2 fully saturated rings. The van der Waals surface area contributed by atoms with Gasteiger partial charge in [-0.3, -0.25) is 14.4 Å². The molecule has 1 aromatic carbocycles. The van der Waals surface area contributed by atoms with Crippen molar-refractivity contribution in [3.05, 3.63) is 53.6 Å². The van der Waals surface area contributed by atoms with Gasteiger partial charge in [-0.1, -0.05) is 42.8 Å². The molecule has 0 saturated carbocycles. The third-order valence-electron chi connectivity index (χ3n) is 7.51. The minimum absolute atomic E-state index is 0.0741. The van der Waals surface area contributed by atoms with Gasteiger partial charge in [-0.15, -0.1) is 11.8 Å². The summed E-state index contributed by atoms with van der Waals surface area (Å²) in [4.78, 5) is 46.6. The largest absolute Gasteiger partial charge is 0.394 e. The monoisotopic (exact) mass is 501 g/mol. The summed E-state index contributed by atoms with van der Waals surface area (Å²) in [6.07, 6.45) is 8.41. The molecule has 4 aliphatic rings. The van der Waals surface area contributed by atoms with E-state index in [0.717, 1.165) is 0 Å². The van der Waals surface area contributed by atoms with Crippen LogP contribution < -0.4 is 4.90 Å². The number of fused-ring (bicyclic) bond motifs is 2. The molecule has 1 unspecified atom stereocenters.